The van der Waals surface area contributed by atoms with E-state index in [2.05, 4.69) is 15.5 Å². The lowest BCUT2D eigenvalue weighted by atomic mass is 10.1. The van der Waals surface area contributed by atoms with Gasteiger partial charge in [0.05, 0.1) is 17.5 Å². The number of carbonyl (C=O) groups excluding carboxylic acids is 2. The Labute approximate surface area is 182 Å². The molecule has 10 heteroatoms. The minimum absolute atomic E-state index is 0.0406. The second kappa shape index (κ2) is 8.76. The van der Waals surface area contributed by atoms with Gasteiger partial charge in [-0.3, -0.25) is 14.5 Å². The first-order valence-electron chi connectivity index (χ1n) is 9.55. The van der Waals surface area contributed by atoms with Gasteiger partial charge in [-0.2, -0.15) is 0 Å². The predicted octanol–water partition coefficient (Wildman–Crippen LogP) is 3.17. The van der Waals surface area contributed by atoms with Crippen molar-refractivity contribution in [2.24, 2.45) is 7.05 Å². The van der Waals surface area contributed by atoms with Crippen LogP contribution in [0.25, 0.3) is 0 Å². The summed E-state index contributed by atoms with van der Waals surface area (Å²) in [5, 5.41) is 11.6. The standard InChI is InChI=1S/C21H20FN5O3S/c1-13(27-16-8-3-4-9-17(16)30-11-19(27)29)20-24-25-21(26(20)2)31-12-18(28)23-15-7-5-6-14(22)10-15/h3-10,13H,11-12H2,1-2H3,(H,23,28)/t13-/m1/s1. The van der Waals surface area contributed by atoms with Crippen LogP contribution >= 0.6 is 11.8 Å². The molecule has 0 radical (unpaired) electrons. The van der Waals surface area contributed by atoms with Crippen molar-refractivity contribution in [3.8, 4) is 5.75 Å². The zero-order valence-electron chi connectivity index (χ0n) is 16.9. The third-order valence-corrected chi connectivity index (χ3v) is 5.84. The summed E-state index contributed by atoms with van der Waals surface area (Å²) in [7, 11) is 1.79. The molecule has 31 heavy (non-hydrogen) atoms. The van der Waals surface area contributed by atoms with E-state index in [1.165, 1.54) is 30.0 Å². The summed E-state index contributed by atoms with van der Waals surface area (Å²) < 4.78 is 20.5. The van der Waals surface area contributed by atoms with Crippen molar-refractivity contribution in [3.63, 3.8) is 0 Å². The smallest absolute Gasteiger partial charge is 0.265 e. The van der Waals surface area contributed by atoms with Gasteiger partial charge < -0.3 is 14.6 Å². The van der Waals surface area contributed by atoms with Gasteiger partial charge in [-0.1, -0.05) is 30.0 Å². The lowest BCUT2D eigenvalue weighted by Gasteiger charge is -2.33. The van der Waals surface area contributed by atoms with Crippen molar-refractivity contribution in [2.75, 3.05) is 22.6 Å². The summed E-state index contributed by atoms with van der Waals surface area (Å²) in [6, 6.07) is 12.7. The van der Waals surface area contributed by atoms with Crippen LogP contribution in [0, 0.1) is 5.82 Å². The van der Waals surface area contributed by atoms with Crippen LogP contribution in [-0.4, -0.2) is 38.9 Å². The Balaban J connectivity index is 1.46. The van der Waals surface area contributed by atoms with Gasteiger partial charge in [0.25, 0.3) is 5.91 Å². The third kappa shape index (κ3) is 4.38. The van der Waals surface area contributed by atoms with Crippen molar-refractivity contribution in [1.82, 2.24) is 14.8 Å². The summed E-state index contributed by atoms with van der Waals surface area (Å²) in [6.07, 6.45) is 0. The Bertz CT molecular complexity index is 1140. The molecular formula is C21H20FN5O3S. The minimum atomic E-state index is -0.420. The van der Waals surface area contributed by atoms with E-state index >= 15 is 0 Å². The number of carbonyl (C=O) groups is 2. The third-order valence-electron chi connectivity index (χ3n) is 4.81. The number of hydrogen-bond donors (Lipinski definition) is 1. The summed E-state index contributed by atoms with van der Waals surface area (Å²) in [5.41, 5.74) is 1.07. The number of ether oxygens (including phenoxy) is 1. The normalized spacial score (nSPS) is 14.0. The van der Waals surface area contributed by atoms with Crippen LogP contribution in [0.5, 0.6) is 5.75 Å². The molecule has 2 amide bonds. The molecule has 2 heterocycles. The average Bonchev–Trinajstić information content (AvgIpc) is 3.12. The Morgan fingerprint density at radius 1 is 1.26 bits per heavy atom. The molecule has 4 rings (SSSR count). The highest BCUT2D eigenvalue weighted by molar-refractivity contribution is 7.99. The molecule has 1 aliphatic heterocycles. The first kappa shape index (κ1) is 20.9. The SMILES string of the molecule is C[C@H](c1nnc(SCC(=O)Nc2cccc(F)c2)n1C)N1C(=O)COc2ccccc21. The monoisotopic (exact) mass is 441 g/mol. The Hall–Kier alpha value is -3.40. The topological polar surface area (TPSA) is 89.4 Å². The summed E-state index contributed by atoms with van der Waals surface area (Å²) in [6.45, 7) is 1.83. The van der Waals surface area contributed by atoms with Crippen molar-refractivity contribution < 1.29 is 18.7 Å². The van der Waals surface area contributed by atoms with Gasteiger partial charge in [0, 0.05) is 12.7 Å². The highest BCUT2D eigenvalue weighted by atomic mass is 32.2. The molecule has 1 aromatic heterocycles. The quantitative estimate of drug-likeness (QED) is 0.591. The Morgan fingerprint density at radius 3 is 2.87 bits per heavy atom. The van der Waals surface area contributed by atoms with E-state index < -0.39 is 5.82 Å². The molecular weight excluding hydrogens is 421 g/mol. The van der Waals surface area contributed by atoms with E-state index in [1.807, 2.05) is 31.2 Å². The van der Waals surface area contributed by atoms with E-state index in [0.717, 1.165) is 0 Å². The number of fused-ring (bicyclic) bond motifs is 1. The molecule has 8 nitrogen and oxygen atoms in total. The van der Waals surface area contributed by atoms with Crippen LogP contribution in [0.15, 0.2) is 53.7 Å². The lowest BCUT2D eigenvalue weighted by Crippen LogP contribution is -2.41. The molecule has 0 saturated carbocycles. The predicted molar refractivity (Wildman–Crippen MR) is 115 cm³/mol. The van der Waals surface area contributed by atoms with Gasteiger partial charge in [0.2, 0.25) is 5.91 Å². The number of hydrogen-bond acceptors (Lipinski definition) is 6. The maximum absolute atomic E-state index is 13.3. The second-order valence-electron chi connectivity index (χ2n) is 6.94. The van der Waals surface area contributed by atoms with Crippen LogP contribution in [-0.2, 0) is 16.6 Å². The first-order chi connectivity index (χ1) is 14.9. The number of nitrogens with zero attached hydrogens (tertiary/aromatic N) is 4. The van der Waals surface area contributed by atoms with E-state index in [4.69, 9.17) is 4.74 Å². The number of para-hydroxylation sites is 2. The van der Waals surface area contributed by atoms with Crippen molar-refractivity contribution in [2.45, 2.75) is 18.1 Å². The minimum Gasteiger partial charge on any atom is -0.482 e. The zero-order valence-corrected chi connectivity index (χ0v) is 17.7. The molecule has 3 aromatic rings. The highest BCUT2D eigenvalue weighted by Crippen LogP contribution is 2.37. The second-order valence-corrected chi connectivity index (χ2v) is 7.89. The van der Waals surface area contributed by atoms with Crippen LogP contribution in [0.4, 0.5) is 15.8 Å². The molecule has 160 valence electrons. The summed E-state index contributed by atoms with van der Waals surface area (Å²) in [4.78, 5) is 26.4. The number of nitrogens with one attached hydrogen (secondary N) is 1. The number of anilines is 2. The van der Waals surface area contributed by atoms with E-state index in [9.17, 15) is 14.0 Å². The molecule has 0 fully saturated rings. The zero-order chi connectivity index (χ0) is 22.0. The van der Waals surface area contributed by atoms with Gasteiger partial charge >= 0.3 is 0 Å². The molecule has 0 unspecified atom stereocenters. The van der Waals surface area contributed by atoms with Crippen molar-refractivity contribution in [1.29, 1.82) is 0 Å². The maximum Gasteiger partial charge on any atom is 0.265 e. The van der Waals surface area contributed by atoms with Crippen molar-refractivity contribution >= 4 is 35.0 Å². The molecule has 0 saturated heterocycles. The van der Waals surface area contributed by atoms with Gasteiger partial charge in [-0.25, -0.2) is 4.39 Å². The van der Waals surface area contributed by atoms with Crippen LogP contribution in [0.1, 0.15) is 18.8 Å². The molecule has 0 bridgehead atoms. The molecule has 1 atom stereocenters. The number of rotatable bonds is 6. The number of amides is 2. The summed E-state index contributed by atoms with van der Waals surface area (Å²) >= 11 is 1.21. The van der Waals surface area contributed by atoms with Crippen LogP contribution < -0.4 is 15.0 Å². The average molecular weight is 441 g/mol. The van der Waals surface area contributed by atoms with Crippen molar-refractivity contribution in [3.05, 3.63) is 60.2 Å². The highest BCUT2D eigenvalue weighted by Gasteiger charge is 2.32. The molecule has 0 aliphatic carbocycles. The fourth-order valence-corrected chi connectivity index (χ4v) is 4.09. The lowest BCUT2D eigenvalue weighted by molar-refractivity contribution is -0.121. The number of halogens is 1. The fourth-order valence-electron chi connectivity index (χ4n) is 3.37. The van der Waals surface area contributed by atoms with Gasteiger partial charge in [-0.05, 0) is 37.3 Å². The van der Waals surface area contributed by atoms with Gasteiger partial charge in [-0.15, -0.1) is 10.2 Å². The van der Waals surface area contributed by atoms with Gasteiger partial charge in [0.1, 0.15) is 11.6 Å². The summed E-state index contributed by atoms with van der Waals surface area (Å²) in [5.74, 6) is 0.425. The fraction of sp³-hybridized carbons (Fsp3) is 0.238. The Morgan fingerprint density at radius 2 is 2.06 bits per heavy atom. The molecule has 2 aromatic carbocycles. The van der Waals surface area contributed by atoms with E-state index in [1.54, 1.807) is 22.6 Å². The molecule has 1 N–H and O–H groups in total. The first-order valence-corrected chi connectivity index (χ1v) is 10.5. The largest absolute Gasteiger partial charge is 0.482 e. The molecule has 0 spiro atoms. The molecule has 1 aliphatic rings. The maximum atomic E-state index is 13.3. The van der Waals surface area contributed by atoms with E-state index in [0.29, 0.717) is 28.1 Å². The van der Waals surface area contributed by atoms with Crippen LogP contribution in [0.3, 0.4) is 0 Å². The van der Waals surface area contributed by atoms with E-state index in [-0.39, 0.29) is 30.2 Å². The van der Waals surface area contributed by atoms with Crippen LogP contribution in [0.2, 0.25) is 0 Å². The Kier molecular flexibility index (Phi) is 5.90. The van der Waals surface area contributed by atoms with Gasteiger partial charge in [0.15, 0.2) is 17.6 Å². The number of benzene rings is 2. The number of aromatic nitrogens is 3. The number of thioether (sulfide) groups is 1.